The third-order valence-electron chi connectivity index (χ3n) is 5.05. The van der Waals surface area contributed by atoms with Crippen LogP contribution >= 0.6 is 0 Å². The van der Waals surface area contributed by atoms with Crippen LogP contribution in [0, 0.1) is 0 Å². The largest absolute Gasteiger partial charge is 0.497 e. The Morgan fingerprint density at radius 1 is 1.00 bits per heavy atom. The van der Waals surface area contributed by atoms with E-state index in [1.807, 2.05) is 0 Å². The van der Waals surface area contributed by atoms with E-state index in [4.69, 9.17) is 4.74 Å². The molecule has 8 nitrogen and oxygen atoms in total. The van der Waals surface area contributed by atoms with Gasteiger partial charge in [0, 0.05) is 37.3 Å². The molecule has 0 unspecified atom stereocenters. The highest BCUT2D eigenvalue weighted by atomic mass is 32.2. The molecule has 1 aliphatic rings. The predicted octanol–water partition coefficient (Wildman–Crippen LogP) is 2.13. The van der Waals surface area contributed by atoms with Gasteiger partial charge < -0.3 is 15.0 Å². The molecule has 0 aliphatic carbocycles. The summed E-state index contributed by atoms with van der Waals surface area (Å²) < 4.78 is 68.9. The van der Waals surface area contributed by atoms with Crippen LogP contribution in [-0.4, -0.2) is 75.4 Å². The predicted molar refractivity (Wildman–Crippen MR) is 112 cm³/mol. The van der Waals surface area contributed by atoms with Crippen LogP contribution in [0.3, 0.4) is 0 Å². The minimum absolute atomic E-state index is 0.0753. The van der Waals surface area contributed by atoms with Crippen molar-refractivity contribution < 1.29 is 35.9 Å². The molecule has 1 saturated heterocycles. The van der Waals surface area contributed by atoms with Crippen molar-refractivity contribution in [2.24, 2.45) is 0 Å². The van der Waals surface area contributed by atoms with E-state index in [0.717, 1.165) is 12.1 Å². The lowest BCUT2D eigenvalue weighted by molar-refractivity contribution is -0.123. The van der Waals surface area contributed by atoms with Crippen molar-refractivity contribution >= 4 is 21.8 Å². The number of piperazine rings is 1. The molecule has 0 bridgehead atoms. The highest BCUT2D eigenvalue weighted by Gasteiger charge is 2.31. The second-order valence-corrected chi connectivity index (χ2v) is 9.19. The molecule has 2 amide bonds. The number of carbonyl (C=O) groups is 2. The lowest BCUT2D eigenvalue weighted by Crippen LogP contribution is -2.50. The molecule has 1 aliphatic heterocycles. The molecule has 0 radical (unpaired) electrons. The fraction of sp³-hybridized carbons (Fsp3) is 0.333. The smallest absolute Gasteiger partial charge is 0.405 e. The summed E-state index contributed by atoms with van der Waals surface area (Å²) in [5.41, 5.74) is 0.344. The molecule has 0 aromatic heterocycles. The maximum absolute atomic E-state index is 12.9. The number of alkyl halides is 3. The summed E-state index contributed by atoms with van der Waals surface area (Å²) in [6.45, 7) is -0.956. The van der Waals surface area contributed by atoms with E-state index >= 15 is 0 Å². The summed E-state index contributed by atoms with van der Waals surface area (Å²) in [7, 11) is -2.41. The third-order valence-corrected chi connectivity index (χ3v) is 6.96. The Morgan fingerprint density at radius 2 is 1.64 bits per heavy atom. The van der Waals surface area contributed by atoms with E-state index in [1.165, 1.54) is 23.5 Å². The van der Waals surface area contributed by atoms with E-state index in [-0.39, 0.29) is 42.5 Å². The van der Waals surface area contributed by atoms with Crippen molar-refractivity contribution in [2.75, 3.05) is 39.8 Å². The Morgan fingerprint density at radius 3 is 2.21 bits per heavy atom. The molecule has 12 heteroatoms. The van der Waals surface area contributed by atoms with Gasteiger partial charge in [0.05, 0.1) is 12.0 Å². The van der Waals surface area contributed by atoms with Gasteiger partial charge in [0.2, 0.25) is 10.0 Å². The lowest BCUT2D eigenvalue weighted by Gasteiger charge is -2.34. The van der Waals surface area contributed by atoms with Gasteiger partial charge in [-0.1, -0.05) is 6.07 Å². The normalized spacial score (nSPS) is 15.2. The quantitative estimate of drug-likeness (QED) is 0.677. The maximum atomic E-state index is 12.9. The second-order valence-electron chi connectivity index (χ2n) is 7.25. The molecule has 1 N–H and O–H groups in total. The molecule has 3 rings (SSSR count). The summed E-state index contributed by atoms with van der Waals surface area (Å²) in [4.78, 5) is 26.0. The number of halogens is 3. The van der Waals surface area contributed by atoms with Gasteiger partial charge in [0.15, 0.2) is 0 Å². The Hall–Kier alpha value is -3.12. The Labute approximate surface area is 189 Å². The van der Waals surface area contributed by atoms with Gasteiger partial charge in [-0.15, -0.1) is 0 Å². The zero-order valence-corrected chi connectivity index (χ0v) is 18.4. The summed E-state index contributed by atoms with van der Waals surface area (Å²) >= 11 is 0. The highest BCUT2D eigenvalue weighted by molar-refractivity contribution is 7.89. The van der Waals surface area contributed by atoms with Crippen LogP contribution in [0.2, 0.25) is 0 Å². The fourth-order valence-electron chi connectivity index (χ4n) is 3.28. The van der Waals surface area contributed by atoms with Gasteiger partial charge in [-0.25, -0.2) is 8.42 Å². The van der Waals surface area contributed by atoms with Crippen LogP contribution < -0.4 is 10.1 Å². The number of amides is 2. The van der Waals surface area contributed by atoms with Crippen molar-refractivity contribution in [1.82, 2.24) is 14.5 Å². The molecule has 0 atom stereocenters. The monoisotopic (exact) mass is 485 g/mol. The van der Waals surface area contributed by atoms with Crippen LogP contribution in [0.1, 0.15) is 20.7 Å². The second kappa shape index (κ2) is 9.79. The van der Waals surface area contributed by atoms with Gasteiger partial charge >= 0.3 is 6.18 Å². The van der Waals surface area contributed by atoms with Crippen LogP contribution in [0.15, 0.2) is 53.4 Å². The summed E-state index contributed by atoms with van der Waals surface area (Å²) in [5.74, 6) is -0.654. The third kappa shape index (κ3) is 6.02. The van der Waals surface area contributed by atoms with E-state index < -0.39 is 28.7 Å². The van der Waals surface area contributed by atoms with E-state index in [9.17, 15) is 31.2 Å². The number of benzene rings is 2. The van der Waals surface area contributed by atoms with Crippen molar-refractivity contribution in [3.63, 3.8) is 0 Å². The first-order valence-corrected chi connectivity index (χ1v) is 11.3. The number of carbonyl (C=O) groups excluding carboxylic acids is 2. The SMILES string of the molecule is COc1cccc(C(=O)N2CCN(S(=O)(=O)c3ccc(C(=O)NCC(F)(F)F)cc3)CC2)c1. The van der Waals surface area contributed by atoms with Crippen LogP contribution in [0.4, 0.5) is 13.2 Å². The van der Waals surface area contributed by atoms with Crippen molar-refractivity contribution in [3.05, 3.63) is 59.7 Å². The number of nitrogens with one attached hydrogen (secondary N) is 1. The molecule has 0 saturated carbocycles. The average Bonchev–Trinajstić information content (AvgIpc) is 2.81. The summed E-state index contributed by atoms with van der Waals surface area (Å²) in [6.07, 6.45) is -4.55. The molecule has 1 fully saturated rings. The van der Waals surface area contributed by atoms with Crippen LogP contribution in [0.25, 0.3) is 0 Å². The first-order chi connectivity index (χ1) is 15.5. The van der Waals surface area contributed by atoms with Crippen molar-refractivity contribution in [3.8, 4) is 5.75 Å². The Bertz CT molecular complexity index is 1110. The summed E-state index contributed by atoms with van der Waals surface area (Å²) in [6, 6.07) is 11.3. The first-order valence-electron chi connectivity index (χ1n) is 9.90. The van der Waals surface area contributed by atoms with Crippen molar-refractivity contribution in [2.45, 2.75) is 11.1 Å². The van der Waals surface area contributed by atoms with E-state index in [2.05, 4.69) is 0 Å². The molecule has 0 spiro atoms. The minimum Gasteiger partial charge on any atom is -0.497 e. The molecular weight excluding hydrogens is 463 g/mol. The van der Waals surface area contributed by atoms with Gasteiger partial charge in [-0.05, 0) is 42.5 Å². The Balaban J connectivity index is 1.62. The number of methoxy groups -OCH3 is 1. The van der Waals surface area contributed by atoms with Gasteiger partial charge in [0.25, 0.3) is 11.8 Å². The standard InChI is InChI=1S/C21H22F3N3O5S/c1-32-17-4-2-3-16(13-17)20(29)26-9-11-27(12-10-26)33(30,31)18-7-5-15(6-8-18)19(28)25-14-21(22,23)24/h2-8,13H,9-12,14H2,1H3,(H,25,28). The Kier molecular flexibility index (Phi) is 7.28. The number of ether oxygens (including phenoxy) is 1. The zero-order chi connectivity index (χ0) is 24.2. The van der Waals surface area contributed by atoms with Gasteiger partial charge in [0.1, 0.15) is 12.3 Å². The lowest BCUT2D eigenvalue weighted by atomic mass is 10.1. The molecule has 2 aromatic carbocycles. The topological polar surface area (TPSA) is 96.0 Å². The number of nitrogens with zero attached hydrogens (tertiary/aromatic N) is 2. The number of rotatable bonds is 6. The van der Waals surface area contributed by atoms with Crippen molar-refractivity contribution in [1.29, 1.82) is 0 Å². The molecule has 178 valence electrons. The first kappa shape index (κ1) is 24.5. The summed E-state index contributed by atoms with van der Waals surface area (Å²) in [5, 5.41) is 1.73. The zero-order valence-electron chi connectivity index (χ0n) is 17.6. The minimum atomic E-state index is -4.55. The maximum Gasteiger partial charge on any atom is 0.405 e. The molecule has 1 heterocycles. The molecular formula is C21H22F3N3O5S. The molecule has 2 aromatic rings. The molecule has 33 heavy (non-hydrogen) atoms. The van der Waals surface area contributed by atoms with Crippen LogP contribution in [-0.2, 0) is 10.0 Å². The van der Waals surface area contributed by atoms with E-state index in [1.54, 1.807) is 34.5 Å². The number of hydrogen-bond acceptors (Lipinski definition) is 5. The van der Waals surface area contributed by atoms with E-state index in [0.29, 0.717) is 11.3 Å². The van der Waals surface area contributed by atoms with Gasteiger partial charge in [-0.3, -0.25) is 9.59 Å². The van der Waals surface area contributed by atoms with Gasteiger partial charge in [-0.2, -0.15) is 17.5 Å². The number of sulfonamides is 1. The fourth-order valence-corrected chi connectivity index (χ4v) is 4.70. The highest BCUT2D eigenvalue weighted by Crippen LogP contribution is 2.21. The average molecular weight is 485 g/mol. The van der Waals surface area contributed by atoms with Crippen LogP contribution in [0.5, 0.6) is 5.75 Å². The number of hydrogen-bond donors (Lipinski definition) is 1.